The van der Waals surface area contributed by atoms with E-state index < -0.39 is 11.7 Å². The number of carbonyl (C=O) groups excluding carboxylic acids is 1. The molecule has 0 saturated heterocycles. The van der Waals surface area contributed by atoms with Crippen LogP contribution >= 0.6 is 0 Å². The van der Waals surface area contributed by atoms with Crippen molar-refractivity contribution in [1.29, 1.82) is 0 Å². The van der Waals surface area contributed by atoms with Gasteiger partial charge in [-0.05, 0) is 73.0 Å². The Balaban J connectivity index is 1.37. The number of fused-ring (bicyclic) bond motifs is 2. The van der Waals surface area contributed by atoms with Crippen LogP contribution in [0.15, 0.2) is 60.7 Å². The molecule has 1 aromatic heterocycles. The van der Waals surface area contributed by atoms with Crippen molar-refractivity contribution < 1.29 is 27.4 Å². The fourth-order valence-electron chi connectivity index (χ4n) is 4.36. The molecule has 0 atom stereocenters. The zero-order chi connectivity index (χ0) is 24.7. The van der Waals surface area contributed by atoms with E-state index in [1.165, 1.54) is 12.1 Å². The van der Waals surface area contributed by atoms with Crippen molar-refractivity contribution in [3.05, 3.63) is 94.2 Å². The van der Waals surface area contributed by atoms with E-state index in [9.17, 15) is 18.0 Å². The van der Waals surface area contributed by atoms with Gasteiger partial charge in [-0.3, -0.25) is 4.79 Å². The molecule has 3 aromatic carbocycles. The number of rotatable bonds is 5. The molecular weight excluding hydrogens is 457 g/mol. The number of aryl methyl sites for hydroxylation is 1. The van der Waals surface area contributed by atoms with E-state index in [0.29, 0.717) is 35.7 Å². The Morgan fingerprint density at radius 3 is 2.57 bits per heavy atom. The summed E-state index contributed by atoms with van der Waals surface area (Å²) in [5.74, 6) is 1.13. The largest absolute Gasteiger partial charge is 0.454 e. The summed E-state index contributed by atoms with van der Waals surface area (Å²) in [5, 5.41) is 3.82. The van der Waals surface area contributed by atoms with E-state index >= 15 is 0 Å². The highest BCUT2D eigenvalue weighted by Crippen LogP contribution is 2.33. The number of alkyl halides is 3. The average Bonchev–Trinajstić information content (AvgIpc) is 3.40. The number of hydrogen-bond donors (Lipinski definition) is 1. The lowest BCUT2D eigenvalue weighted by molar-refractivity contribution is -0.137. The fourth-order valence-corrected chi connectivity index (χ4v) is 4.36. The number of aromatic nitrogens is 1. The second-order valence-corrected chi connectivity index (χ2v) is 8.60. The molecule has 0 aliphatic carbocycles. The van der Waals surface area contributed by atoms with Crippen LogP contribution in [0, 0.1) is 13.8 Å². The number of halogens is 3. The van der Waals surface area contributed by atoms with Gasteiger partial charge in [0.1, 0.15) is 0 Å². The lowest BCUT2D eigenvalue weighted by Crippen LogP contribution is -2.22. The maximum absolute atomic E-state index is 13.1. The number of ether oxygens (including phenoxy) is 2. The second kappa shape index (κ2) is 8.69. The number of amides is 1. The van der Waals surface area contributed by atoms with E-state index in [2.05, 4.69) is 5.32 Å². The van der Waals surface area contributed by atoms with Gasteiger partial charge in [0.15, 0.2) is 11.5 Å². The summed E-state index contributed by atoms with van der Waals surface area (Å²) >= 11 is 0. The van der Waals surface area contributed by atoms with Crippen molar-refractivity contribution in [1.82, 2.24) is 9.88 Å². The van der Waals surface area contributed by atoms with Crippen LogP contribution in [0.25, 0.3) is 10.9 Å². The quantitative estimate of drug-likeness (QED) is 0.382. The minimum Gasteiger partial charge on any atom is -0.454 e. The van der Waals surface area contributed by atoms with Gasteiger partial charge in [0.2, 0.25) is 6.79 Å². The van der Waals surface area contributed by atoms with E-state index in [-0.39, 0.29) is 12.7 Å². The topological polar surface area (TPSA) is 52.5 Å². The SMILES string of the molecule is Cc1c(C)n(Cc2cccc(C(F)(F)F)c2)c2ccc(C(=O)NCc3ccc4c(c3)OCO4)cc12. The molecule has 1 amide bonds. The van der Waals surface area contributed by atoms with Crippen molar-refractivity contribution in [2.45, 2.75) is 33.1 Å². The summed E-state index contributed by atoms with van der Waals surface area (Å²) in [6, 6.07) is 16.3. The smallest absolute Gasteiger partial charge is 0.416 e. The summed E-state index contributed by atoms with van der Waals surface area (Å²) in [5.41, 5.74) is 4.09. The third-order valence-corrected chi connectivity index (χ3v) is 6.39. The summed E-state index contributed by atoms with van der Waals surface area (Å²) in [4.78, 5) is 12.8. The molecule has 2 heterocycles. The molecule has 1 N–H and O–H groups in total. The van der Waals surface area contributed by atoms with Crippen LogP contribution in [0.4, 0.5) is 13.2 Å². The van der Waals surface area contributed by atoms with Gasteiger partial charge in [-0.15, -0.1) is 0 Å². The molecule has 0 unspecified atom stereocenters. The molecule has 5 rings (SSSR count). The van der Waals surface area contributed by atoms with Crippen LogP contribution in [0.1, 0.15) is 38.3 Å². The molecule has 0 saturated carbocycles. The minimum atomic E-state index is -4.39. The Labute approximate surface area is 200 Å². The second-order valence-electron chi connectivity index (χ2n) is 8.60. The summed E-state index contributed by atoms with van der Waals surface area (Å²) in [6.07, 6.45) is -4.39. The highest BCUT2D eigenvalue weighted by Gasteiger charge is 2.30. The number of benzene rings is 3. The Morgan fingerprint density at radius 2 is 1.77 bits per heavy atom. The summed E-state index contributed by atoms with van der Waals surface area (Å²) < 4.78 is 52.1. The van der Waals surface area contributed by atoms with E-state index in [4.69, 9.17) is 9.47 Å². The molecule has 4 aromatic rings. The van der Waals surface area contributed by atoms with Gasteiger partial charge in [0.25, 0.3) is 5.91 Å². The van der Waals surface area contributed by atoms with Crippen LogP contribution in [0.5, 0.6) is 11.5 Å². The van der Waals surface area contributed by atoms with E-state index in [0.717, 1.165) is 33.8 Å². The van der Waals surface area contributed by atoms with E-state index in [1.807, 2.05) is 48.7 Å². The molecule has 35 heavy (non-hydrogen) atoms. The lowest BCUT2D eigenvalue weighted by Gasteiger charge is -2.12. The number of nitrogens with zero attached hydrogens (tertiary/aromatic N) is 1. The van der Waals surface area contributed by atoms with Gasteiger partial charge >= 0.3 is 6.18 Å². The highest BCUT2D eigenvalue weighted by molar-refractivity contribution is 5.99. The monoisotopic (exact) mass is 480 g/mol. The number of hydrogen-bond acceptors (Lipinski definition) is 3. The molecule has 0 spiro atoms. The molecule has 0 bridgehead atoms. The maximum atomic E-state index is 13.1. The Hall–Kier alpha value is -3.94. The summed E-state index contributed by atoms with van der Waals surface area (Å²) in [6.45, 7) is 4.71. The van der Waals surface area contributed by atoms with Crippen molar-refractivity contribution in [2.24, 2.45) is 0 Å². The van der Waals surface area contributed by atoms with Crippen LogP contribution in [0.2, 0.25) is 0 Å². The lowest BCUT2D eigenvalue weighted by atomic mass is 10.1. The third-order valence-electron chi connectivity index (χ3n) is 6.39. The van der Waals surface area contributed by atoms with Gasteiger partial charge in [-0.25, -0.2) is 0 Å². The van der Waals surface area contributed by atoms with E-state index in [1.54, 1.807) is 12.1 Å². The Kier molecular flexibility index (Phi) is 5.67. The molecule has 180 valence electrons. The van der Waals surface area contributed by atoms with Crippen LogP contribution < -0.4 is 14.8 Å². The fraction of sp³-hybridized carbons (Fsp3) is 0.222. The van der Waals surface area contributed by atoms with Crippen molar-refractivity contribution >= 4 is 16.8 Å². The number of nitrogens with one attached hydrogen (secondary N) is 1. The van der Waals surface area contributed by atoms with Gasteiger partial charge in [0.05, 0.1) is 5.56 Å². The first kappa shape index (κ1) is 22.8. The molecular formula is C27H23F3N2O3. The zero-order valence-electron chi connectivity index (χ0n) is 19.2. The van der Waals surface area contributed by atoms with Crippen molar-refractivity contribution in [3.8, 4) is 11.5 Å². The van der Waals surface area contributed by atoms with Gasteiger partial charge < -0.3 is 19.4 Å². The van der Waals surface area contributed by atoms with Crippen molar-refractivity contribution in [2.75, 3.05) is 6.79 Å². The summed E-state index contributed by atoms with van der Waals surface area (Å²) in [7, 11) is 0. The standard InChI is InChI=1S/C27H23F3N2O3/c1-16-17(2)32(14-19-4-3-5-21(10-19)27(28,29)30)23-8-7-20(12-22(16)23)26(33)31-13-18-6-9-24-25(11-18)35-15-34-24/h3-12H,13-15H2,1-2H3,(H,31,33). The predicted molar refractivity (Wildman–Crippen MR) is 126 cm³/mol. The number of carbonyl (C=O) groups is 1. The van der Waals surface area contributed by atoms with Gasteiger partial charge in [-0.1, -0.05) is 18.2 Å². The normalized spacial score (nSPS) is 12.8. The third kappa shape index (κ3) is 4.43. The Bertz CT molecular complexity index is 1440. The average molecular weight is 480 g/mol. The maximum Gasteiger partial charge on any atom is 0.416 e. The van der Waals surface area contributed by atoms with Gasteiger partial charge in [0, 0.05) is 35.2 Å². The zero-order valence-corrected chi connectivity index (χ0v) is 19.2. The molecule has 5 nitrogen and oxygen atoms in total. The Morgan fingerprint density at radius 1 is 0.971 bits per heavy atom. The molecule has 0 radical (unpaired) electrons. The van der Waals surface area contributed by atoms with Gasteiger partial charge in [-0.2, -0.15) is 13.2 Å². The first-order valence-corrected chi connectivity index (χ1v) is 11.1. The van der Waals surface area contributed by atoms with Crippen LogP contribution in [0.3, 0.4) is 0 Å². The molecule has 0 fully saturated rings. The minimum absolute atomic E-state index is 0.192. The van der Waals surface area contributed by atoms with Crippen molar-refractivity contribution in [3.63, 3.8) is 0 Å². The molecule has 1 aliphatic heterocycles. The molecule has 1 aliphatic rings. The molecule has 8 heteroatoms. The van der Waals surface area contributed by atoms with Crippen LogP contribution in [-0.4, -0.2) is 17.3 Å². The highest BCUT2D eigenvalue weighted by atomic mass is 19.4. The van der Waals surface area contributed by atoms with Crippen LogP contribution in [-0.2, 0) is 19.3 Å². The first-order valence-electron chi connectivity index (χ1n) is 11.1. The first-order chi connectivity index (χ1) is 16.7. The predicted octanol–water partition coefficient (Wildman–Crippen LogP) is 5.98.